The van der Waals surface area contributed by atoms with E-state index in [1.54, 1.807) is 12.0 Å². The molecular weight excluding hydrogens is 372 g/mol. The molecule has 1 aromatic heterocycles. The second-order valence-corrected chi connectivity index (χ2v) is 8.42. The number of fused-ring (bicyclic) bond motifs is 2. The number of carbonyl (C=O) groups is 2. The van der Waals surface area contributed by atoms with Crippen LogP contribution in [0.4, 0.5) is 0 Å². The molecule has 3 heterocycles. The van der Waals surface area contributed by atoms with Crippen LogP contribution in [-0.4, -0.2) is 60.3 Å². The predicted molar refractivity (Wildman–Crippen MR) is 105 cm³/mol. The van der Waals surface area contributed by atoms with Gasteiger partial charge in [0.15, 0.2) is 0 Å². The van der Waals surface area contributed by atoms with Gasteiger partial charge in [-0.25, -0.2) is 0 Å². The maximum atomic E-state index is 13.6. The molecule has 2 atom stereocenters. The highest BCUT2D eigenvalue weighted by Gasteiger charge is 2.55. The Hall–Kier alpha value is -2.67. The van der Waals surface area contributed by atoms with E-state index in [-0.39, 0.29) is 18.4 Å². The topological polar surface area (TPSA) is 89.0 Å². The van der Waals surface area contributed by atoms with Crippen molar-refractivity contribution in [1.82, 2.24) is 9.88 Å². The Morgan fingerprint density at radius 1 is 1.31 bits per heavy atom. The van der Waals surface area contributed by atoms with Crippen LogP contribution in [0.15, 0.2) is 24.3 Å². The first-order valence-electron chi connectivity index (χ1n) is 10.1. The summed E-state index contributed by atoms with van der Waals surface area (Å²) in [5, 5.41) is 10.7. The van der Waals surface area contributed by atoms with Gasteiger partial charge in [0.2, 0.25) is 0 Å². The Kier molecular flexibility index (Phi) is 4.24. The number of aromatic nitrogens is 1. The number of likely N-dealkylation sites (tertiary alicyclic amines) is 1. The Bertz CT molecular complexity index is 1000. The number of carboxylic acid groups (broad SMARTS) is 1. The lowest BCUT2D eigenvalue weighted by molar-refractivity contribution is -0.157. The Balaban J connectivity index is 1.56. The molecule has 1 aromatic carbocycles. The summed E-state index contributed by atoms with van der Waals surface area (Å²) in [5.74, 6) is -0.0714. The van der Waals surface area contributed by atoms with Crippen molar-refractivity contribution in [3.63, 3.8) is 0 Å². The normalized spacial score (nSPS) is 26.4. The lowest BCUT2D eigenvalue weighted by Crippen LogP contribution is -2.45. The van der Waals surface area contributed by atoms with Gasteiger partial charge in [-0.2, -0.15) is 0 Å². The Labute approximate surface area is 168 Å². The summed E-state index contributed by atoms with van der Waals surface area (Å²) >= 11 is 0. The molecule has 0 unspecified atom stereocenters. The molecule has 7 heteroatoms. The Morgan fingerprint density at radius 3 is 2.83 bits per heavy atom. The molecular formula is C22H24N2O5. The van der Waals surface area contributed by atoms with E-state index in [9.17, 15) is 14.7 Å². The molecule has 1 aliphatic carbocycles. The number of nitrogens with zero attached hydrogens (tertiary/aromatic N) is 2. The number of benzene rings is 1. The highest BCUT2D eigenvalue weighted by molar-refractivity contribution is 6.07. The molecule has 2 aromatic rings. The van der Waals surface area contributed by atoms with Gasteiger partial charge in [0.25, 0.3) is 5.91 Å². The zero-order chi connectivity index (χ0) is 20.2. The molecule has 0 radical (unpaired) electrons. The molecule has 29 heavy (non-hydrogen) atoms. The summed E-state index contributed by atoms with van der Waals surface area (Å²) < 4.78 is 10.9. The van der Waals surface area contributed by atoms with Gasteiger partial charge >= 0.3 is 5.97 Å². The first-order chi connectivity index (χ1) is 14.0. The standard InChI is InChI=1S/C22H24N2O5/c1-28-15-4-5-18-16(8-15)17(9-19(23-18)13-2-3-13)20(25)24-10-14-11-29-7-6-22(14,12-24)21(26)27/h4-5,8-9,13-14H,2-3,6-7,10-12H2,1H3,(H,26,27)/t14-,22+/m0/s1. The van der Waals surface area contributed by atoms with Crippen LogP contribution in [0.2, 0.25) is 0 Å². The maximum Gasteiger partial charge on any atom is 0.311 e. The van der Waals surface area contributed by atoms with Gasteiger partial charge < -0.3 is 19.5 Å². The van der Waals surface area contributed by atoms with E-state index in [1.807, 2.05) is 24.3 Å². The number of methoxy groups -OCH3 is 1. The van der Waals surface area contributed by atoms with E-state index >= 15 is 0 Å². The minimum absolute atomic E-state index is 0.137. The molecule has 1 N–H and O–H groups in total. The lowest BCUT2D eigenvalue weighted by Gasteiger charge is -2.33. The number of carboxylic acids is 1. The molecule has 0 spiro atoms. The van der Waals surface area contributed by atoms with E-state index in [1.165, 1.54) is 0 Å². The van der Waals surface area contributed by atoms with Crippen molar-refractivity contribution in [2.75, 3.05) is 33.4 Å². The number of carbonyl (C=O) groups excluding carboxylic acids is 1. The molecule has 2 saturated heterocycles. The molecule has 5 rings (SSSR count). The minimum Gasteiger partial charge on any atom is -0.497 e. The van der Waals surface area contributed by atoms with E-state index in [0.717, 1.165) is 29.4 Å². The zero-order valence-corrected chi connectivity index (χ0v) is 16.4. The van der Waals surface area contributed by atoms with Gasteiger partial charge in [-0.05, 0) is 43.5 Å². The summed E-state index contributed by atoms with van der Waals surface area (Å²) in [5.41, 5.74) is 1.38. The Morgan fingerprint density at radius 2 is 2.14 bits per heavy atom. The van der Waals surface area contributed by atoms with E-state index in [2.05, 4.69) is 0 Å². The SMILES string of the molecule is COc1ccc2nc(C3CC3)cc(C(=O)N3C[C@H]4COCC[C@@]4(C(=O)O)C3)c2c1. The number of amides is 1. The quantitative estimate of drug-likeness (QED) is 0.855. The van der Waals surface area contributed by atoms with Crippen molar-refractivity contribution in [2.45, 2.75) is 25.2 Å². The number of aliphatic carboxylic acids is 1. The van der Waals surface area contributed by atoms with E-state index in [4.69, 9.17) is 14.5 Å². The van der Waals surface area contributed by atoms with Gasteiger partial charge in [-0.3, -0.25) is 14.6 Å². The fraction of sp³-hybridized carbons (Fsp3) is 0.500. The predicted octanol–water partition coefficient (Wildman–Crippen LogP) is 2.68. The summed E-state index contributed by atoms with van der Waals surface area (Å²) in [4.78, 5) is 32.1. The molecule has 3 aliphatic rings. The third-order valence-electron chi connectivity index (χ3n) is 6.68. The number of hydrogen-bond donors (Lipinski definition) is 1. The summed E-state index contributed by atoms with van der Waals surface area (Å²) in [7, 11) is 1.59. The largest absolute Gasteiger partial charge is 0.497 e. The number of pyridine rings is 1. The summed E-state index contributed by atoms with van der Waals surface area (Å²) in [6, 6.07) is 7.47. The zero-order valence-electron chi connectivity index (χ0n) is 16.4. The molecule has 0 bridgehead atoms. The monoisotopic (exact) mass is 396 g/mol. The third kappa shape index (κ3) is 2.95. The smallest absolute Gasteiger partial charge is 0.311 e. The average Bonchev–Trinajstić information content (AvgIpc) is 3.51. The van der Waals surface area contributed by atoms with Gasteiger partial charge in [0.1, 0.15) is 5.75 Å². The molecule has 1 saturated carbocycles. The highest BCUT2D eigenvalue weighted by atomic mass is 16.5. The second kappa shape index (κ2) is 6.69. The van der Waals surface area contributed by atoms with E-state index < -0.39 is 11.4 Å². The van der Waals surface area contributed by atoms with Crippen molar-refractivity contribution in [2.24, 2.45) is 11.3 Å². The second-order valence-electron chi connectivity index (χ2n) is 8.42. The fourth-order valence-electron chi connectivity index (χ4n) is 4.74. The van der Waals surface area contributed by atoms with Crippen molar-refractivity contribution in [3.8, 4) is 5.75 Å². The van der Waals surface area contributed by atoms with Crippen LogP contribution >= 0.6 is 0 Å². The number of ether oxygens (including phenoxy) is 2. The lowest BCUT2D eigenvalue weighted by atomic mass is 9.74. The number of rotatable bonds is 4. The summed E-state index contributed by atoms with van der Waals surface area (Å²) in [6.07, 6.45) is 2.62. The highest BCUT2D eigenvalue weighted by Crippen LogP contribution is 2.44. The van der Waals surface area contributed by atoms with E-state index in [0.29, 0.717) is 43.4 Å². The van der Waals surface area contributed by atoms with Crippen LogP contribution in [0.25, 0.3) is 10.9 Å². The first-order valence-corrected chi connectivity index (χ1v) is 10.1. The van der Waals surface area contributed by atoms with Crippen LogP contribution in [0, 0.1) is 11.3 Å². The van der Waals surface area contributed by atoms with Crippen LogP contribution in [0.1, 0.15) is 41.2 Å². The van der Waals surface area contributed by atoms with Gasteiger partial charge in [0, 0.05) is 42.6 Å². The third-order valence-corrected chi connectivity index (χ3v) is 6.68. The van der Waals surface area contributed by atoms with Crippen molar-refractivity contribution < 1.29 is 24.2 Å². The van der Waals surface area contributed by atoms with Gasteiger partial charge in [-0.1, -0.05) is 0 Å². The molecule has 2 aliphatic heterocycles. The molecule has 3 fully saturated rings. The van der Waals surface area contributed by atoms with Crippen LogP contribution in [0.3, 0.4) is 0 Å². The van der Waals surface area contributed by atoms with Crippen LogP contribution in [0.5, 0.6) is 5.75 Å². The maximum absolute atomic E-state index is 13.6. The van der Waals surface area contributed by atoms with Crippen molar-refractivity contribution in [1.29, 1.82) is 0 Å². The molecule has 1 amide bonds. The minimum atomic E-state index is -0.909. The number of hydrogen-bond acceptors (Lipinski definition) is 5. The van der Waals surface area contributed by atoms with Crippen LogP contribution in [-0.2, 0) is 9.53 Å². The van der Waals surface area contributed by atoms with Crippen molar-refractivity contribution >= 4 is 22.8 Å². The molecule has 7 nitrogen and oxygen atoms in total. The average molecular weight is 396 g/mol. The van der Waals surface area contributed by atoms with Gasteiger partial charge in [-0.15, -0.1) is 0 Å². The molecule has 152 valence electrons. The first kappa shape index (κ1) is 18.4. The van der Waals surface area contributed by atoms with Gasteiger partial charge in [0.05, 0.1) is 30.2 Å². The van der Waals surface area contributed by atoms with Crippen LogP contribution < -0.4 is 4.74 Å². The van der Waals surface area contributed by atoms with Crippen molar-refractivity contribution in [3.05, 3.63) is 35.5 Å². The summed E-state index contributed by atoms with van der Waals surface area (Å²) in [6.45, 7) is 1.43. The fourth-order valence-corrected chi connectivity index (χ4v) is 4.74.